The van der Waals surface area contributed by atoms with E-state index in [1.165, 1.54) is 0 Å². The summed E-state index contributed by atoms with van der Waals surface area (Å²) in [5.41, 5.74) is 2.76. The van der Waals surface area contributed by atoms with E-state index in [2.05, 4.69) is 4.90 Å². The molecule has 1 aliphatic rings. The van der Waals surface area contributed by atoms with Crippen molar-refractivity contribution in [2.45, 2.75) is 0 Å². The van der Waals surface area contributed by atoms with Crippen LogP contribution in [-0.4, -0.2) is 41.6 Å². The Labute approximate surface area is 158 Å². The van der Waals surface area contributed by atoms with Crippen LogP contribution in [0, 0.1) is 0 Å². The van der Waals surface area contributed by atoms with Gasteiger partial charge >= 0.3 is 0 Å². The molecule has 1 amide bonds. The summed E-state index contributed by atoms with van der Waals surface area (Å²) >= 11 is 6.29. The largest absolute Gasteiger partial charge is 0.367 e. The zero-order valence-electron chi connectivity index (χ0n) is 14.4. The third kappa shape index (κ3) is 3.33. The fourth-order valence-corrected chi connectivity index (χ4v) is 3.60. The lowest BCUT2D eigenvalue weighted by Crippen LogP contribution is -2.48. The van der Waals surface area contributed by atoms with Gasteiger partial charge in [-0.05, 0) is 42.5 Å². The molecule has 4 nitrogen and oxygen atoms in total. The summed E-state index contributed by atoms with van der Waals surface area (Å²) in [7, 11) is 0. The van der Waals surface area contributed by atoms with Gasteiger partial charge in [-0.2, -0.15) is 0 Å². The summed E-state index contributed by atoms with van der Waals surface area (Å²) in [6.07, 6.45) is 3.96. The van der Waals surface area contributed by atoms with E-state index in [0.717, 1.165) is 35.1 Å². The predicted octanol–water partition coefficient (Wildman–Crippen LogP) is 4.09. The lowest BCUT2D eigenvalue weighted by Gasteiger charge is -2.36. The zero-order valence-corrected chi connectivity index (χ0v) is 15.1. The van der Waals surface area contributed by atoms with E-state index in [1.807, 2.05) is 82.5 Å². The molecule has 0 bridgehead atoms. The molecule has 1 saturated heterocycles. The van der Waals surface area contributed by atoms with Crippen LogP contribution in [-0.2, 0) is 0 Å². The molecule has 4 rings (SSSR count). The lowest BCUT2D eigenvalue weighted by molar-refractivity contribution is 0.0747. The molecule has 0 saturated carbocycles. The number of benzene rings is 2. The van der Waals surface area contributed by atoms with Crippen LogP contribution in [0.25, 0.3) is 5.69 Å². The minimum Gasteiger partial charge on any atom is -0.367 e. The molecule has 5 heteroatoms. The van der Waals surface area contributed by atoms with Gasteiger partial charge in [0.25, 0.3) is 5.91 Å². The number of piperazine rings is 1. The van der Waals surface area contributed by atoms with Crippen LogP contribution in [0.1, 0.15) is 10.4 Å². The van der Waals surface area contributed by atoms with Crippen LogP contribution in [0.4, 0.5) is 5.69 Å². The maximum absolute atomic E-state index is 12.9. The average molecular weight is 366 g/mol. The van der Waals surface area contributed by atoms with Crippen LogP contribution in [0.15, 0.2) is 73.1 Å². The van der Waals surface area contributed by atoms with Crippen LogP contribution in [0.3, 0.4) is 0 Å². The Morgan fingerprint density at radius 1 is 0.846 bits per heavy atom. The maximum Gasteiger partial charge on any atom is 0.254 e. The van der Waals surface area contributed by atoms with E-state index in [4.69, 9.17) is 11.6 Å². The van der Waals surface area contributed by atoms with E-state index in [0.29, 0.717) is 13.1 Å². The second-order valence-corrected chi connectivity index (χ2v) is 6.78. The topological polar surface area (TPSA) is 28.5 Å². The average Bonchev–Trinajstić information content (AvgIpc) is 3.23. The first-order chi connectivity index (χ1) is 12.7. The standard InChI is InChI=1S/C21H20ClN3O/c22-19-8-1-2-9-20(19)24-12-14-25(15-13-24)21(26)17-6-5-7-18(16-17)23-10-3-4-11-23/h1-11,16H,12-15H2. The summed E-state index contributed by atoms with van der Waals surface area (Å²) < 4.78 is 2.01. The monoisotopic (exact) mass is 365 g/mol. The molecule has 132 valence electrons. The Bertz CT molecular complexity index is 899. The number of carbonyl (C=O) groups is 1. The van der Waals surface area contributed by atoms with Crippen molar-refractivity contribution in [3.63, 3.8) is 0 Å². The first kappa shape index (κ1) is 16.7. The molecular weight excluding hydrogens is 346 g/mol. The highest BCUT2D eigenvalue weighted by molar-refractivity contribution is 6.33. The van der Waals surface area contributed by atoms with Gasteiger partial charge in [0.05, 0.1) is 10.7 Å². The van der Waals surface area contributed by atoms with Gasteiger partial charge in [0.15, 0.2) is 0 Å². The SMILES string of the molecule is O=C(c1cccc(-n2cccc2)c1)N1CCN(c2ccccc2Cl)CC1. The number of anilines is 1. The molecule has 1 aromatic heterocycles. The van der Waals surface area contributed by atoms with Crippen LogP contribution in [0.2, 0.25) is 5.02 Å². The quantitative estimate of drug-likeness (QED) is 0.699. The van der Waals surface area contributed by atoms with Gasteiger partial charge in [-0.3, -0.25) is 4.79 Å². The fourth-order valence-electron chi connectivity index (χ4n) is 3.35. The molecule has 2 aromatic carbocycles. The van der Waals surface area contributed by atoms with Crippen molar-refractivity contribution < 1.29 is 4.79 Å². The van der Waals surface area contributed by atoms with Gasteiger partial charge in [-0.15, -0.1) is 0 Å². The number of halogens is 1. The third-order valence-electron chi connectivity index (χ3n) is 4.76. The Balaban J connectivity index is 1.46. The van der Waals surface area contributed by atoms with E-state index < -0.39 is 0 Å². The molecule has 0 unspecified atom stereocenters. The molecule has 0 atom stereocenters. The normalized spacial score (nSPS) is 14.5. The minimum absolute atomic E-state index is 0.0813. The van der Waals surface area contributed by atoms with Crippen molar-refractivity contribution >= 4 is 23.2 Å². The second-order valence-electron chi connectivity index (χ2n) is 6.37. The zero-order chi connectivity index (χ0) is 17.9. The number of carbonyl (C=O) groups excluding carboxylic acids is 1. The molecule has 3 aromatic rings. The number of amides is 1. The van der Waals surface area contributed by atoms with Gasteiger partial charge in [-0.1, -0.05) is 29.8 Å². The van der Waals surface area contributed by atoms with Crippen LogP contribution >= 0.6 is 11.6 Å². The number of hydrogen-bond acceptors (Lipinski definition) is 2. The molecular formula is C21H20ClN3O. The van der Waals surface area contributed by atoms with E-state index in [-0.39, 0.29) is 5.91 Å². The number of rotatable bonds is 3. The number of nitrogens with zero attached hydrogens (tertiary/aromatic N) is 3. The summed E-state index contributed by atoms with van der Waals surface area (Å²) in [4.78, 5) is 17.1. The number of para-hydroxylation sites is 1. The van der Waals surface area contributed by atoms with E-state index >= 15 is 0 Å². The highest BCUT2D eigenvalue weighted by Gasteiger charge is 2.23. The van der Waals surface area contributed by atoms with Gasteiger partial charge < -0.3 is 14.4 Å². The molecule has 0 aliphatic carbocycles. The minimum atomic E-state index is 0.0813. The molecule has 2 heterocycles. The maximum atomic E-state index is 12.9. The summed E-state index contributed by atoms with van der Waals surface area (Å²) in [6, 6.07) is 19.6. The summed E-state index contributed by atoms with van der Waals surface area (Å²) in [5, 5.41) is 0.756. The van der Waals surface area contributed by atoms with Crippen molar-refractivity contribution in [2.24, 2.45) is 0 Å². The van der Waals surface area contributed by atoms with Crippen molar-refractivity contribution in [2.75, 3.05) is 31.1 Å². The van der Waals surface area contributed by atoms with E-state index in [9.17, 15) is 4.79 Å². The van der Waals surface area contributed by atoms with Gasteiger partial charge in [0.2, 0.25) is 0 Å². The van der Waals surface area contributed by atoms with Crippen LogP contribution in [0.5, 0.6) is 0 Å². The summed E-state index contributed by atoms with van der Waals surface area (Å²) in [6.45, 7) is 2.95. The van der Waals surface area contributed by atoms with Crippen molar-refractivity contribution in [1.82, 2.24) is 9.47 Å². The van der Waals surface area contributed by atoms with Crippen molar-refractivity contribution in [3.05, 3.63) is 83.6 Å². The van der Waals surface area contributed by atoms with Crippen molar-refractivity contribution in [1.29, 1.82) is 0 Å². The third-order valence-corrected chi connectivity index (χ3v) is 5.08. The molecule has 0 N–H and O–H groups in total. The lowest BCUT2D eigenvalue weighted by atomic mass is 10.1. The fraction of sp³-hybridized carbons (Fsp3) is 0.190. The molecule has 26 heavy (non-hydrogen) atoms. The Morgan fingerprint density at radius 3 is 2.31 bits per heavy atom. The predicted molar refractivity (Wildman–Crippen MR) is 105 cm³/mol. The van der Waals surface area contributed by atoms with Gasteiger partial charge in [0, 0.05) is 49.8 Å². The first-order valence-electron chi connectivity index (χ1n) is 8.74. The van der Waals surface area contributed by atoms with Gasteiger partial charge in [0.1, 0.15) is 0 Å². The van der Waals surface area contributed by atoms with Gasteiger partial charge in [-0.25, -0.2) is 0 Å². The Morgan fingerprint density at radius 2 is 1.58 bits per heavy atom. The Hall–Kier alpha value is -2.72. The molecule has 1 aliphatic heterocycles. The highest BCUT2D eigenvalue weighted by Crippen LogP contribution is 2.26. The molecule has 0 spiro atoms. The number of hydrogen-bond donors (Lipinski definition) is 0. The molecule has 1 fully saturated rings. The summed E-state index contributed by atoms with van der Waals surface area (Å²) in [5.74, 6) is 0.0813. The molecule has 0 radical (unpaired) electrons. The first-order valence-corrected chi connectivity index (χ1v) is 9.12. The van der Waals surface area contributed by atoms with Crippen LogP contribution < -0.4 is 4.90 Å². The van der Waals surface area contributed by atoms with E-state index in [1.54, 1.807) is 0 Å². The Kier molecular flexibility index (Phi) is 4.67. The smallest absolute Gasteiger partial charge is 0.254 e. The second kappa shape index (κ2) is 7.26. The number of aromatic nitrogens is 1. The highest BCUT2D eigenvalue weighted by atomic mass is 35.5. The van der Waals surface area contributed by atoms with Crippen molar-refractivity contribution in [3.8, 4) is 5.69 Å².